The molecule has 1 heterocycles. The molecule has 0 amide bonds. The Morgan fingerprint density at radius 3 is 2.59 bits per heavy atom. The number of fused-ring (bicyclic) bond motifs is 1. The van der Waals surface area contributed by atoms with Gasteiger partial charge in [0.05, 0.1) is 5.52 Å². The lowest BCUT2D eigenvalue weighted by Crippen LogP contribution is -2.13. The first-order valence-electron chi connectivity index (χ1n) is 7.19. The zero-order chi connectivity index (χ0) is 16.3. The molecule has 0 saturated heterocycles. The Balaban J connectivity index is 2.08. The third-order valence-electron chi connectivity index (χ3n) is 3.68. The molecule has 120 valence electrons. The van der Waals surface area contributed by atoms with Crippen LogP contribution in [0, 0.1) is 6.92 Å². The van der Waals surface area contributed by atoms with E-state index in [1.807, 2.05) is 0 Å². The number of unbranched alkanes of at least 4 members (excludes halogenated alkanes) is 2. The monoisotopic (exact) mass is 313 g/mol. The van der Waals surface area contributed by atoms with Gasteiger partial charge in [0.1, 0.15) is 5.75 Å². The molecule has 1 aromatic carbocycles. The molecule has 0 aliphatic rings. The van der Waals surface area contributed by atoms with E-state index in [4.69, 9.17) is 0 Å². The first-order valence-corrected chi connectivity index (χ1v) is 7.19. The van der Waals surface area contributed by atoms with Crippen LogP contribution in [0.1, 0.15) is 36.9 Å². The maximum absolute atomic E-state index is 12.4. The van der Waals surface area contributed by atoms with Crippen LogP contribution in [0.25, 0.3) is 10.9 Å². The molecule has 0 fully saturated rings. The van der Waals surface area contributed by atoms with E-state index >= 15 is 0 Å². The van der Waals surface area contributed by atoms with Crippen LogP contribution in [0.5, 0.6) is 5.75 Å². The van der Waals surface area contributed by atoms with Crippen LogP contribution in [-0.2, 0) is 6.42 Å². The first-order chi connectivity index (χ1) is 10.3. The van der Waals surface area contributed by atoms with Crippen LogP contribution < -0.4 is 5.43 Å². The van der Waals surface area contributed by atoms with E-state index in [0.717, 1.165) is 0 Å². The molecule has 1 aromatic heterocycles. The van der Waals surface area contributed by atoms with Crippen molar-refractivity contribution in [1.29, 1.82) is 0 Å². The summed E-state index contributed by atoms with van der Waals surface area (Å²) < 4.78 is 36.2. The van der Waals surface area contributed by atoms with Crippen LogP contribution in [0.2, 0.25) is 0 Å². The molecule has 2 rings (SSSR count). The first kappa shape index (κ1) is 16.4. The predicted octanol–water partition coefficient (Wildman–Crippen LogP) is 4.21. The summed E-state index contributed by atoms with van der Waals surface area (Å²) in [5.74, 6) is 0.0717. The molecule has 2 N–H and O–H groups in total. The number of alkyl halides is 3. The maximum Gasteiger partial charge on any atom is 0.389 e. The molecule has 0 aliphatic carbocycles. The Kier molecular flexibility index (Phi) is 4.78. The van der Waals surface area contributed by atoms with Crippen molar-refractivity contribution in [2.24, 2.45) is 0 Å². The minimum absolute atomic E-state index is 0.0717. The van der Waals surface area contributed by atoms with Gasteiger partial charge in [-0.05, 0) is 38.3 Å². The number of pyridine rings is 1. The lowest BCUT2D eigenvalue weighted by atomic mass is 10.0. The maximum atomic E-state index is 12.4. The van der Waals surface area contributed by atoms with Crippen molar-refractivity contribution in [2.75, 3.05) is 0 Å². The number of aryl methyl sites for hydroxylation is 1. The third-order valence-corrected chi connectivity index (χ3v) is 3.68. The van der Waals surface area contributed by atoms with Crippen LogP contribution in [0.4, 0.5) is 13.2 Å². The number of aromatic hydroxyl groups is 1. The fourth-order valence-corrected chi connectivity index (χ4v) is 2.55. The third kappa shape index (κ3) is 4.02. The number of hydrogen-bond donors (Lipinski definition) is 2. The van der Waals surface area contributed by atoms with E-state index in [9.17, 15) is 23.1 Å². The SMILES string of the molecule is Cc1[nH]c2cc(O)ccc2c(=O)c1CCCCCC(F)(F)F. The molecule has 0 atom stereocenters. The van der Waals surface area contributed by atoms with Crippen LogP contribution in [0.15, 0.2) is 23.0 Å². The number of benzene rings is 1. The highest BCUT2D eigenvalue weighted by atomic mass is 19.4. The summed E-state index contributed by atoms with van der Waals surface area (Å²) in [5, 5.41) is 9.91. The smallest absolute Gasteiger partial charge is 0.389 e. The van der Waals surface area contributed by atoms with Gasteiger partial charge < -0.3 is 10.1 Å². The normalized spacial score (nSPS) is 12.0. The molecule has 0 aliphatic heterocycles. The molecular weight excluding hydrogens is 295 g/mol. The molecule has 3 nitrogen and oxygen atoms in total. The van der Waals surface area contributed by atoms with E-state index < -0.39 is 12.6 Å². The van der Waals surface area contributed by atoms with Crippen molar-refractivity contribution in [3.63, 3.8) is 0 Å². The van der Waals surface area contributed by atoms with Crippen LogP contribution >= 0.6 is 0 Å². The molecule has 0 bridgehead atoms. The molecule has 2 aromatic rings. The summed E-state index contributed by atoms with van der Waals surface area (Å²) in [5.41, 5.74) is 1.73. The number of phenolic OH excluding ortho intramolecular Hbond substituents is 1. The number of rotatable bonds is 5. The molecule has 22 heavy (non-hydrogen) atoms. The highest BCUT2D eigenvalue weighted by molar-refractivity contribution is 5.80. The van der Waals surface area contributed by atoms with Crippen LogP contribution in [0.3, 0.4) is 0 Å². The Morgan fingerprint density at radius 1 is 1.18 bits per heavy atom. The lowest BCUT2D eigenvalue weighted by molar-refractivity contribution is -0.135. The van der Waals surface area contributed by atoms with Crippen molar-refractivity contribution >= 4 is 10.9 Å². The highest BCUT2D eigenvalue weighted by Crippen LogP contribution is 2.23. The number of hydrogen-bond acceptors (Lipinski definition) is 2. The number of aromatic nitrogens is 1. The average Bonchev–Trinajstić information content (AvgIpc) is 2.40. The van der Waals surface area contributed by atoms with Gasteiger partial charge in [-0.15, -0.1) is 0 Å². The fraction of sp³-hybridized carbons (Fsp3) is 0.438. The van der Waals surface area contributed by atoms with E-state index in [0.29, 0.717) is 41.4 Å². The second kappa shape index (κ2) is 6.42. The van der Waals surface area contributed by atoms with Gasteiger partial charge in [-0.3, -0.25) is 4.79 Å². The Hall–Kier alpha value is -1.98. The second-order valence-corrected chi connectivity index (χ2v) is 5.46. The van der Waals surface area contributed by atoms with Gasteiger partial charge in [0, 0.05) is 29.1 Å². The molecule has 0 spiro atoms. The van der Waals surface area contributed by atoms with Crippen molar-refractivity contribution in [3.05, 3.63) is 39.7 Å². The average molecular weight is 313 g/mol. The van der Waals surface area contributed by atoms with Gasteiger partial charge in [-0.1, -0.05) is 6.42 Å². The molecule has 6 heteroatoms. The lowest BCUT2D eigenvalue weighted by Gasteiger charge is -2.09. The molecule has 0 radical (unpaired) electrons. The standard InChI is InChI=1S/C16H18F3NO2/c1-10-12(5-3-2-4-8-16(17,18)19)15(22)13-7-6-11(21)9-14(13)20-10/h6-7,9,21H,2-5,8H2,1H3,(H,20,22). The number of phenols is 1. The van der Waals surface area contributed by atoms with E-state index in [1.54, 1.807) is 13.0 Å². The Morgan fingerprint density at radius 2 is 1.91 bits per heavy atom. The van der Waals surface area contributed by atoms with Crippen LogP contribution in [-0.4, -0.2) is 16.3 Å². The fourth-order valence-electron chi connectivity index (χ4n) is 2.55. The van der Waals surface area contributed by atoms with Crippen molar-refractivity contribution < 1.29 is 18.3 Å². The van der Waals surface area contributed by atoms with Crippen molar-refractivity contribution in [2.45, 2.75) is 45.2 Å². The number of aromatic amines is 1. The number of H-pyrrole nitrogens is 1. The summed E-state index contributed by atoms with van der Waals surface area (Å²) in [6, 6.07) is 4.48. The van der Waals surface area contributed by atoms with E-state index in [2.05, 4.69) is 4.98 Å². The van der Waals surface area contributed by atoms with Gasteiger partial charge in [-0.2, -0.15) is 13.2 Å². The number of nitrogens with one attached hydrogen (secondary N) is 1. The quantitative estimate of drug-likeness (QED) is 0.813. The van der Waals surface area contributed by atoms with E-state index in [1.165, 1.54) is 12.1 Å². The minimum Gasteiger partial charge on any atom is -0.508 e. The van der Waals surface area contributed by atoms with Crippen molar-refractivity contribution in [1.82, 2.24) is 4.98 Å². The zero-order valence-electron chi connectivity index (χ0n) is 12.3. The van der Waals surface area contributed by atoms with Crippen molar-refractivity contribution in [3.8, 4) is 5.75 Å². The summed E-state index contributed by atoms with van der Waals surface area (Å²) in [7, 11) is 0. The summed E-state index contributed by atoms with van der Waals surface area (Å²) in [6.07, 6.45) is -3.37. The highest BCUT2D eigenvalue weighted by Gasteiger charge is 2.25. The Bertz CT molecular complexity index is 720. The summed E-state index contributed by atoms with van der Waals surface area (Å²) in [6.45, 7) is 1.76. The van der Waals surface area contributed by atoms with Gasteiger partial charge in [-0.25, -0.2) is 0 Å². The van der Waals surface area contributed by atoms with E-state index in [-0.39, 0.29) is 17.6 Å². The summed E-state index contributed by atoms with van der Waals surface area (Å²) in [4.78, 5) is 15.5. The zero-order valence-corrected chi connectivity index (χ0v) is 12.3. The second-order valence-electron chi connectivity index (χ2n) is 5.46. The topological polar surface area (TPSA) is 53.1 Å². The summed E-state index contributed by atoms with van der Waals surface area (Å²) >= 11 is 0. The molecule has 0 unspecified atom stereocenters. The predicted molar refractivity (Wildman–Crippen MR) is 79.2 cm³/mol. The van der Waals surface area contributed by atoms with Gasteiger partial charge in [0.25, 0.3) is 0 Å². The van der Waals surface area contributed by atoms with Gasteiger partial charge >= 0.3 is 6.18 Å². The number of halogens is 3. The molecular formula is C16H18F3NO2. The Labute approximate surface area is 125 Å². The minimum atomic E-state index is -4.11. The van der Waals surface area contributed by atoms with Gasteiger partial charge in [0.2, 0.25) is 0 Å². The largest absolute Gasteiger partial charge is 0.508 e. The molecule has 0 saturated carbocycles. The van der Waals surface area contributed by atoms with Gasteiger partial charge in [0.15, 0.2) is 5.43 Å².